The van der Waals surface area contributed by atoms with Gasteiger partial charge >= 0.3 is 0 Å². The fraction of sp³-hybridized carbons (Fsp3) is 0. The minimum Gasteiger partial charge on any atom is -0.332 e. The quantitative estimate of drug-likeness (QED) is 0.232. The monoisotopic (exact) mass is 99.0 g/mol. The summed E-state index contributed by atoms with van der Waals surface area (Å²) in [4.78, 5) is 13.0. The Kier molecular flexibility index (Phi) is 4.10. The van der Waals surface area contributed by atoms with Crippen molar-refractivity contribution in [3.63, 3.8) is 0 Å². The highest BCUT2D eigenvalue weighted by Gasteiger charge is 1.61. The maximum atomic E-state index is 9.12. The average molecular weight is 99.1 g/mol. The predicted octanol–water partition coefficient (Wildman–Crippen LogP) is 1.38. The van der Waals surface area contributed by atoms with Crippen molar-refractivity contribution in [3.05, 3.63) is 29.9 Å². The first kappa shape index (κ1) is 5.88. The van der Waals surface area contributed by atoms with Crippen molar-refractivity contribution in [1.29, 1.82) is 0 Å². The first-order valence-electron chi connectivity index (χ1n) is 1.68. The van der Waals surface area contributed by atoms with Gasteiger partial charge in [-0.3, -0.25) is 0 Å². The second-order valence-electron chi connectivity index (χ2n) is 0.744. The molecule has 0 aromatic heterocycles. The number of hydrogen-bond donors (Lipinski definition) is 0. The van der Waals surface area contributed by atoms with Gasteiger partial charge < -0.3 is 4.84 Å². The van der Waals surface area contributed by atoms with Gasteiger partial charge in [0, 0.05) is 0 Å². The molecule has 0 heterocycles. The molecule has 0 fully saturated rings. The molecule has 0 radical (unpaired) electrons. The molecule has 0 aromatic carbocycles. The fourth-order valence-corrected chi connectivity index (χ4v) is 0.116. The van der Waals surface area contributed by atoms with Crippen LogP contribution in [0.5, 0.6) is 0 Å². The molecule has 0 saturated heterocycles. The molecule has 0 amide bonds. The lowest BCUT2D eigenvalue weighted by atomic mass is 10.6. The number of rotatable bonds is 3. The summed E-state index contributed by atoms with van der Waals surface area (Å²) in [6.45, 7) is 3.32. The Balaban J connectivity index is 3.08. The smallest absolute Gasteiger partial charge is 0.160 e. The van der Waals surface area contributed by atoms with Crippen LogP contribution < -0.4 is 0 Å². The zero-order valence-electron chi connectivity index (χ0n) is 3.70. The summed E-state index contributed by atoms with van der Waals surface area (Å²) in [7, 11) is 0. The summed E-state index contributed by atoms with van der Waals surface area (Å²) < 4.78 is 0. The van der Waals surface area contributed by atoms with E-state index in [2.05, 4.69) is 16.8 Å². The van der Waals surface area contributed by atoms with E-state index in [1.54, 1.807) is 0 Å². The lowest BCUT2D eigenvalue weighted by Gasteiger charge is -1.72. The summed E-state index contributed by atoms with van der Waals surface area (Å²) >= 11 is 0. The average Bonchev–Trinajstić information content (AvgIpc) is 1.69. The standard InChI is InChI=1S/C4H5NO2/c1-2-3-4-7-5-6/h2-4H,1H2. The van der Waals surface area contributed by atoms with Gasteiger partial charge in [-0.25, -0.2) is 0 Å². The summed E-state index contributed by atoms with van der Waals surface area (Å²) in [5, 5.41) is 2.09. The molecule has 3 nitrogen and oxygen atoms in total. The van der Waals surface area contributed by atoms with Crippen molar-refractivity contribution in [3.8, 4) is 0 Å². The van der Waals surface area contributed by atoms with Gasteiger partial charge in [-0.05, 0) is 6.08 Å². The summed E-state index contributed by atoms with van der Waals surface area (Å²) in [6.07, 6.45) is 4.08. The van der Waals surface area contributed by atoms with Gasteiger partial charge in [-0.2, -0.15) is 0 Å². The van der Waals surface area contributed by atoms with Crippen LogP contribution >= 0.6 is 0 Å². The van der Waals surface area contributed by atoms with Crippen molar-refractivity contribution in [1.82, 2.24) is 0 Å². The maximum Gasteiger partial charge on any atom is 0.160 e. The Morgan fingerprint density at radius 2 is 2.43 bits per heavy atom. The van der Waals surface area contributed by atoms with E-state index in [0.29, 0.717) is 0 Å². The summed E-state index contributed by atoms with van der Waals surface area (Å²) in [5.41, 5.74) is 0. The number of hydrogen-bond acceptors (Lipinski definition) is 3. The van der Waals surface area contributed by atoms with E-state index in [4.69, 9.17) is 4.91 Å². The van der Waals surface area contributed by atoms with Gasteiger partial charge in [0.05, 0.1) is 0 Å². The van der Waals surface area contributed by atoms with Crippen LogP contribution in [-0.4, -0.2) is 0 Å². The Labute approximate surface area is 41.2 Å². The molecule has 3 heteroatoms. The molecular formula is C4H5NO2. The molecule has 0 aliphatic heterocycles. The third kappa shape index (κ3) is 4.88. The maximum absolute atomic E-state index is 9.12. The molecule has 0 saturated carbocycles. The van der Waals surface area contributed by atoms with Crippen LogP contribution in [0.15, 0.2) is 30.3 Å². The highest BCUT2D eigenvalue weighted by Crippen LogP contribution is 1.75. The van der Waals surface area contributed by atoms with Gasteiger partial charge in [-0.1, -0.05) is 12.7 Å². The lowest BCUT2D eigenvalue weighted by molar-refractivity contribution is 0.262. The Morgan fingerprint density at radius 1 is 1.71 bits per heavy atom. The van der Waals surface area contributed by atoms with E-state index >= 15 is 0 Å². The molecule has 0 N–H and O–H groups in total. The van der Waals surface area contributed by atoms with Gasteiger partial charge in [0.1, 0.15) is 6.26 Å². The highest BCUT2D eigenvalue weighted by molar-refractivity contribution is 4.92. The van der Waals surface area contributed by atoms with Crippen molar-refractivity contribution in [2.75, 3.05) is 0 Å². The van der Waals surface area contributed by atoms with Crippen molar-refractivity contribution in [2.24, 2.45) is 5.34 Å². The molecule has 0 rings (SSSR count). The molecule has 0 unspecified atom stereocenters. The lowest BCUT2D eigenvalue weighted by Crippen LogP contribution is -1.57. The van der Waals surface area contributed by atoms with E-state index in [-0.39, 0.29) is 0 Å². The zero-order chi connectivity index (χ0) is 5.54. The second kappa shape index (κ2) is 4.88. The van der Waals surface area contributed by atoms with Crippen LogP contribution in [0, 0.1) is 4.91 Å². The molecule has 38 valence electrons. The molecule has 0 aliphatic rings. The van der Waals surface area contributed by atoms with Crippen LogP contribution in [0.4, 0.5) is 0 Å². The van der Waals surface area contributed by atoms with Gasteiger partial charge in [-0.15, -0.1) is 4.91 Å². The zero-order valence-corrected chi connectivity index (χ0v) is 3.70. The Bertz CT molecular complexity index is 87.7. The molecular weight excluding hydrogens is 94.0 g/mol. The van der Waals surface area contributed by atoms with Gasteiger partial charge in [0.15, 0.2) is 5.34 Å². The second-order valence-corrected chi connectivity index (χ2v) is 0.744. The van der Waals surface area contributed by atoms with Crippen LogP contribution in [0.25, 0.3) is 0 Å². The molecule has 0 atom stereocenters. The molecule has 0 aliphatic carbocycles. The summed E-state index contributed by atoms with van der Waals surface area (Å²) in [6, 6.07) is 0. The third-order valence-corrected chi connectivity index (χ3v) is 0.319. The van der Waals surface area contributed by atoms with Crippen LogP contribution in [0.2, 0.25) is 0 Å². The highest BCUT2D eigenvalue weighted by atomic mass is 16.7. The fourth-order valence-electron chi connectivity index (χ4n) is 0.116. The van der Waals surface area contributed by atoms with Gasteiger partial charge in [0.25, 0.3) is 0 Å². The van der Waals surface area contributed by atoms with Crippen molar-refractivity contribution < 1.29 is 4.84 Å². The van der Waals surface area contributed by atoms with Crippen molar-refractivity contribution in [2.45, 2.75) is 0 Å². The minimum atomic E-state index is 1.14. The van der Waals surface area contributed by atoms with Crippen molar-refractivity contribution >= 4 is 0 Å². The molecule has 7 heavy (non-hydrogen) atoms. The van der Waals surface area contributed by atoms with E-state index in [9.17, 15) is 0 Å². The number of nitrogens with zero attached hydrogens (tertiary/aromatic N) is 1. The van der Waals surface area contributed by atoms with E-state index in [1.165, 1.54) is 12.2 Å². The SMILES string of the molecule is C=CC=CON=O. The number of allylic oxidation sites excluding steroid dienone is 2. The largest absolute Gasteiger partial charge is 0.332 e. The molecule has 0 bridgehead atoms. The summed E-state index contributed by atoms with van der Waals surface area (Å²) in [5.74, 6) is 0. The Morgan fingerprint density at radius 3 is 2.86 bits per heavy atom. The van der Waals surface area contributed by atoms with Gasteiger partial charge in [0.2, 0.25) is 0 Å². The van der Waals surface area contributed by atoms with E-state index in [0.717, 1.165) is 6.26 Å². The van der Waals surface area contributed by atoms with E-state index < -0.39 is 0 Å². The molecule has 0 spiro atoms. The van der Waals surface area contributed by atoms with Crippen LogP contribution in [0.3, 0.4) is 0 Å². The third-order valence-electron chi connectivity index (χ3n) is 0.319. The van der Waals surface area contributed by atoms with E-state index in [1.807, 2.05) is 0 Å². The predicted molar refractivity (Wildman–Crippen MR) is 26.2 cm³/mol. The topological polar surface area (TPSA) is 38.7 Å². The molecule has 0 aromatic rings. The Hall–Kier alpha value is -1.12. The van der Waals surface area contributed by atoms with Crippen LogP contribution in [0.1, 0.15) is 0 Å². The normalized spacial score (nSPS) is 8.57. The van der Waals surface area contributed by atoms with Crippen LogP contribution in [-0.2, 0) is 4.84 Å². The first-order chi connectivity index (χ1) is 3.41. The first-order valence-corrected chi connectivity index (χ1v) is 1.68. The minimum absolute atomic E-state index is 1.14.